The molecule has 9 heteroatoms. The highest BCUT2D eigenvalue weighted by Crippen LogP contribution is 2.25. The fraction of sp³-hybridized carbons (Fsp3) is 0.250. The number of carbonyl (C=O) groups is 1. The quantitative estimate of drug-likeness (QED) is 0.723. The average Bonchev–Trinajstić information content (AvgIpc) is 2.85. The number of amides is 1. The summed E-state index contributed by atoms with van der Waals surface area (Å²) in [5.41, 5.74) is 6.28. The lowest BCUT2D eigenvalue weighted by molar-refractivity contribution is -0.119. The number of rotatable bonds is 5. The van der Waals surface area contributed by atoms with Gasteiger partial charge in [0.25, 0.3) is 0 Å². The number of H-pyrrole nitrogens is 1. The van der Waals surface area contributed by atoms with E-state index in [4.69, 9.17) is 28.9 Å². The molecular weight excluding hydrogens is 333 g/mol. The predicted octanol–water partition coefficient (Wildman–Crippen LogP) is 2.66. The van der Waals surface area contributed by atoms with Crippen molar-refractivity contribution in [2.75, 3.05) is 11.5 Å². The van der Waals surface area contributed by atoms with Gasteiger partial charge in [-0.15, -0.1) is 5.10 Å². The highest BCUT2D eigenvalue weighted by atomic mass is 35.5. The summed E-state index contributed by atoms with van der Waals surface area (Å²) in [5.74, 6) is 0.284. The highest BCUT2D eigenvalue weighted by molar-refractivity contribution is 7.99. The van der Waals surface area contributed by atoms with Crippen molar-refractivity contribution in [3.63, 3.8) is 0 Å². The van der Waals surface area contributed by atoms with Gasteiger partial charge in [-0.2, -0.15) is 4.98 Å². The first-order valence-corrected chi connectivity index (χ1v) is 7.75. The van der Waals surface area contributed by atoms with Crippen LogP contribution in [0.2, 0.25) is 10.0 Å². The van der Waals surface area contributed by atoms with Gasteiger partial charge in [-0.1, -0.05) is 41.0 Å². The molecule has 0 unspecified atom stereocenters. The lowest BCUT2D eigenvalue weighted by Crippen LogP contribution is -2.28. The third-order valence-electron chi connectivity index (χ3n) is 2.64. The molecule has 112 valence electrons. The van der Waals surface area contributed by atoms with Crippen molar-refractivity contribution < 1.29 is 4.79 Å². The van der Waals surface area contributed by atoms with E-state index in [1.54, 1.807) is 12.1 Å². The molecule has 0 spiro atoms. The van der Waals surface area contributed by atoms with Crippen molar-refractivity contribution >= 4 is 46.8 Å². The van der Waals surface area contributed by atoms with E-state index in [0.29, 0.717) is 15.2 Å². The molecule has 1 heterocycles. The Hall–Kier alpha value is -1.44. The van der Waals surface area contributed by atoms with Crippen molar-refractivity contribution in [3.8, 4) is 0 Å². The molecule has 21 heavy (non-hydrogen) atoms. The van der Waals surface area contributed by atoms with Gasteiger partial charge in [-0.3, -0.25) is 4.79 Å². The van der Waals surface area contributed by atoms with Gasteiger partial charge in [0.05, 0.1) is 21.8 Å². The molecule has 0 radical (unpaired) electrons. The SMILES string of the molecule is C[C@@H](NC(=O)CSc1n[nH]c(N)n1)c1ccc(Cl)c(Cl)c1. The zero-order valence-corrected chi connectivity index (χ0v) is 13.4. The smallest absolute Gasteiger partial charge is 0.230 e. The summed E-state index contributed by atoms with van der Waals surface area (Å²) in [6.07, 6.45) is 0. The van der Waals surface area contributed by atoms with Gasteiger partial charge in [0.1, 0.15) is 0 Å². The molecule has 1 aromatic heterocycles. The molecule has 2 aromatic rings. The second-order valence-electron chi connectivity index (χ2n) is 4.25. The largest absolute Gasteiger partial charge is 0.368 e. The summed E-state index contributed by atoms with van der Waals surface area (Å²) in [7, 11) is 0. The monoisotopic (exact) mass is 345 g/mol. The molecule has 1 amide bonds. The van der Waals surface area contributed by atoms with Crippen LogP contribution >= 0.6 is 35.0 Å². The van der Waals surface area contributed by atoms with Crippen molar-refractivity contribution in [1.82, 2.24) is 20.5 Å². The van der Waals surface area contributed by atoms with Crippen LogP contribution in [0.15, 0.2) is 23.4 Å². The molecule has 6 nitrogen and oxygen atoms in total. The fourth-order valence-electron chi connectivity index (χ4n) is 1.60. The van der Waals surface area contributed by atoms with Crippen molar-refractivity contribution in [2.45, 2.75) is 18.1 Å². The molecule has 0 saturated carbocycles. The molecule has 4 N–H and O–H groups in total. The van der Waals surface area contributed by atoms with Crippen molar-refractivity contribution in [3.05, 3.63) is 33.8 Å². The highest BCUT2D eigenvalue weighted by Gasteiger charge is 2.12. The minimum Gasteiger partial charge on any atom is -0.368 e. The van der Waals surface area contributed by atoms with Gasteiger partial charge in [0, 0.05) is 0 Å². The molecular formula is C12H13Cl2N5OS. The van der Waals surface area contributed by atoms with E-state index < -0.39 is 0 Å². The first kappa shape index (κ1) is 15.9. The Bertz CT molecular complexity index is 648. The lowest BCUT2D eigenvalue weighted by atomic mass is 10.1. The van der Waals surface area contributed by atoms with Gasteiger partial charge < -0.3 is 11.1 Å². The van der Waals surface area contributed by atoms with Crippen molar-refractivity contribution in [1.29, 1.82) is 0 Å². The third-order valence-corrected chi connectivity index (χ3v) is 4.22. The van der Waals surface area contributed by atoms with Crippen LogP contribution in [0.1, 0.15) is 18.5 Å². The van der Waals surface area contributed by atoms with Crippen molar-refractivity contribution in [2.24, 2.45) is 0 Å². The van der Waals surface area contributed by atoms with Gasteiger partial charge in [0.15, 0.2) is 0 Å². The summed E-state index contributed by atoms with van der Waals surface area (Å²) < 4.78 is 0. The Morgan fingerprint density at radius 2 is 2.24 bits per heavy atom. The van der Waals surface area contributed by atoms with Gasteiger partial charge in [0.2, 0.25) is 17.0 Å². The molecule has 2 rings (SSSR count). The normalized spacial score (nSPS) is 12.1. The Kier molecular flexibility index (Phi) is 5.33. The van der Waals surface area contributed by atoms with E-state index in [2.05, 4.69) is 20.5 Å². The van der Waals surface area contributed by atoms with Gasteiger partial charge in [-0.25, -0.2) is 5.10 Å². The van der Waals surface area contributed by atoms with E-state index in [0.717, 1.165) is 5.56 Å². The zero-order chi connectivity index (χ0) is 15.4. The summed E-state index contributed by atoms with van der Waals surface area (Å²) >= 11 is 13.0. The standard InChI is InChI=1S/C12H13Cl2N5OS/c1-6(7-2-3-8(13)9(14)4-7)16-10(20)5-21-12-17-11(15)18-19-12/h2-4,6H,5H2,1H3,(H,16,20)(H3,15,17,18,19)/t6-/m1/s1. The molecule has 0 fully saturated rings. The molecule has 0 aliphatic carbocycles. The number of nitrogen functional groups attached to an aromatic ring is 1. The first-order chi connectivity index (χ1) is 9.95. The first-order valence-electron chi connectivity index (χ1n) is 6.00. The average molecular weight is 346 g/mol. The van der Waals surface area contributed by atoms with Crippen LogP contribution < -0.4 is 11.1 Å². The van der Waals surface area contributed by atoms with Crippen LogP contribution in [0, 0.1) is 0 Å². The molecule has 0 aliphatic rings. The number of nitrogens with zero attached hydrogens (tertiary/aromatic N) is 2. The van der Waals surface area contributed by atoms with Gasteiger partial charge >= 0.3 is 0 Å². The Balaban J connectivity index is 1.88. The lowest BCUT2D eigenvalue weighted by Gasteiger charge is -2.14. The maximum atomic E-state index is 11.9. The van der Waals surface area contributed by atoms with Crippen LogP contribution in [0.5, 0.6) is 0 Å². The molecule has 1 aromatic carbocycles. The summed E-state index contributed by atoms with van der Waals surface area (Å²) in [6.45, 7) is 1.87. The zero-order valence-electron chi connectivity index (χ0n) is 11.1. The number of benzene rings is 1. The predicted molar refractivity (Wildman–Crippen MR) is 84.5 cm³/mol. The maximum absolute atomic E-state index is 11.9. The number of thioether (sulfide) groups is 1. The fourth-order valence-corrected chi connectivity index (χ4v) is 2.52. The number of hydrogen-bond acceptors (Lipinski definition) is 5. The Labute approximate surface area is 135 Å². The van der Waals surface area contributed by atoms with Crippen LogP contribution in [0.4, 0.5) is 5.95 Å². The van der Waals surface area contributed by atoms with E-state index in [-0.39, 0.29) is 23.7 Å². The van der Waals surface area contributed by atoms with Gasteiger partial charge in [-0.05, 0) is 24.6 Å². The number of nitrogens with one attached hydrogen (secondary N) is 2. The van der Waals surface area contributed by atoms with E-state index in [1.165, 1.54) is 11.8 Å². The summed E-state index contributed by atoms with van der Waals surface area (Å²) in [6, 6.07) is 5.08. The minimum atomic E-state index is -0.176. The Morgan fingerprint density at radius 1 is 1.48 bits per heavy atom. The number of aromatic amines is 1. The second-order valence-corrected chi connectivity index (χ2v) is 6.01. The third kappa shape index (κ3) is 4.52. The maximum Gasteiger partial charge on any atom is 0.230 e. The minimum absolute atomic E-state index is 0.137. The van der Waals surface area contributed by atoms with E-state index in [9.17, 15) is 4.79 Å². The van der Waals surface area contributed by atoms with Crippen LogP contribution in [0.3, 0.4) is 0 Å². The molecule has 0 saturated heterocycles. The number of hydrogen-bond donors (Lipinski definition) is 3. The second kappa shape index (κ2) is 7.02. The van der Waals surface area contributed by atoms with Crippen LogP contribution in [0.25, 0.3) is 0 Å². The molecule has 0 bridgehead atoms. The number of nitrogens with two attached hydrogens (primary N) is 1. The topological polar surface area (TPSA) is 96.7 Å². The number of anilines is 1. The van der Waals surface area contributed by atoms with E-state index >= 15 is 0 Å². The van der Waals surface area contributed by atoms with E-state index in [1.807, 2.05) is 13.0 Å². The molecule has 1 atom stereocenters. The molecule has 0 aliphatic heterocycles. The van der Waals surface area contributed by atoms with Crippen LogP contribution in [-0.4, -0.2) is 26.8 Å². The summed E-state index contributed by atoms with van der Waals surface area (Å²) in [5, 5.41) is 10.6. The number of aromatic nitrogens is 3. The van der Waals surface area contributed by atoms with Crippen LogP contribution in [-0.2, 0) is 4.79 Å². The summed E-state index contributed by atoms with van der Waals surface area (Å²) in [4.78, 5) is 15.8. The number of halogens is 2. The number of carbonyl (C=O) groups excluding carboxylic acids is 1. The Morgan fingerprint density at radius 3 is 2.86 bits per heavy atom.